The molecule has 0 radical (unpaired) electrons. The van der Waals surface area contributed by atoms with E-state index in [0.29, 0.717) is 6.04 Å². The topological polar surface area (TPSA) is 30.5 Å². The summed E-state index contributed by atoms with van der Waals surface area (Å²) in [6, 6.07) is 0.663. The van der Waals surface area contributed by atoms with Crippen LogP contribution in [0, 0.1) is 11.8 Å². The van der Waals surface area contributed by atoms with Crippen molar-refractivity contribution in [2.24, 2.45) is 11.8 Å². The highest BCUT2D eigenvalue weighted by molar-refractivity contribution is 4.95. The average Bonchev–Trinajstić information content (AvgIpc) is 2.92. The number of hydrogen-bond donors (Lipinski definition) is 1. The fourth-order valence-corrected chi connectivity index (χ4v) is 4.43. The molecule has 3 heteroatoms. The Bertz CT molecular complexity index is 283. The monoisotopic (exact) mass is 297 g/mol. The van der Waals surface area contributed by atoms with Crippen LogP contribution in [0.4, 0.5) is 0 Å². The van der Waals surface area contributed by atoms with Gasteiger partial charge in [-0.2, -0.15) is 0 Å². The highest BCUT2D eigenvalue weighted by atomic mass is 16.6. The Labute approximate surface area is 131 Å². The minimum absolute atomic E-state index is 0.0412. The van der Waals surface area contributed by atoms with Crippen molar-refractivity contribution in [3.05, 3.63) is 0 Å². The predicted octanol–water partition coefficient (Wildman–Crippen LogP) is 3.77. The van der Waals surface area contributed by atoms with E-state index in [1.54, 1.807) is 0 Å². The van der Waals surface area contributed by atoms with Crippen LogP contribution in [-0.2, 0) is 9.47 Å². The van der Waals surface area contributed by atoms with Crippen molar-refractivity contribution in [2.75, 3.05) is 26.4 Å². The molecule has 2 aliphatic rings. The van der Waals surface area contributed by atoms with E-state index in [2.05, 4.69) is 26.1 Å². The van der Waals surface area contributed by atoms with Crippen molar-refractivity contribution in [3.8, 4) is 0 Å². The van der Waals surface area contributed by atoms with Crippen molar-refractivity contribution < 1.29 is 9.47 Å². The summed E-state index contributed by atoms with van der Waals surface area (Å²) in [6.45, 7) is 10.6. The summed E-state index contributed by atoms with van der Waals surface area (Å²) >= 11 is 0. The van der Waals surface area contributed by atoms with Crippen molar-refractivity contribution in [1.29, 1.82) is 0 Å². The second-order valence-corrected chi connectivity index (χ2v) is 7.01. The Hall–Kier alpha value is -0.120. The quantitative estimate of drug-likeness (QED) is 0.740. The van der Waals surface area contributed by atoms with Crippen LogP contribution in [0.2, 0.25) is 0 Å². The Morgan fingerprint density at radius 2 is 1.90 bits per heavy atom. The molecule has 2 fully saturated rings. The lowest BCUT2D eigenvalue weighted by molar-refractivity contribution is -0.106. The van der Waals surface area contributed by atoms with Gasteiger partial charge in [0.2, 0.25) is 0 Å². The van der Waals surface area contributed by atoms with Gasteiger partial charge in [0.25, 0.3) is 0 Å². The molecule has 3 nitrogen and oxygen atoms in total. The first-order chi connectivity index (χ1) is 10.2. The average molecular weight is 297 g/mol. The number of ether oxygens (including phenoxy) is 2. The molecule has 2 saturated heterocycles. The van der Waals surface area contributed by atoms with Gasteiger partial charge in [0.15, 0.2) is 0 Å². The van der Waals surface area contributed by atoms with Gasteiger partial charge in [-0.25, -0.2) is 0 Å². The van der Waals surface area contributed by atoms with Crippen molar-refractivity contribution in [2.45, 2.75) is 77.4 Å². The number of nitrogens with one attached hydrogen (secondary N) is 1. The summed E-state index contributed by atoms with van der Waals surface area (Å²) in [5, 5.41) is 3.83. The lowest BCUT2D eigenvalue weighted by Crippen LogP contribution is -2.50. The standard InChI is InChI=1S/C18H35NO2/c1-4-7-15(8-5-2)17(19-6-3)16-9-11-21-18(13-16)10-12-20-14-18/h15-17,19H,4-14H2,1-3H3. The van der Waals surface area contributed by atoms with E-state index in [1.807, 2.05) is 0 Å². The summed E-state index contributed by atoms with van der Waals surface area (Å²) < 4.78 is 11.8. The van der Waals surface area contributed by atoms with Crippen molar-refractivity contribution >= 4 is 0 Å². The summed E-state index contributed by atoms with van der Waals surface area (Å²) in [5.74, 6) is 1.57. The largest absolute Gasteiger partial charge is 0.378 e. The SMILES string of the molecule is CCCC(CCC)C(NCC)C1CCOC2(CCOC2)C1. The first-order valence-corrected chi connectivity index (χ1v) is 9.19. The summed E-state index contributed by atoms with van der Waals surface area (Å²) in [6.07, 6.45) is 8.79. The Morgan fingerprint density at radius 3 is 2.48 bits per heavy atom. The van der Waals surface area contributed by atoms with Crippen LogP contribution in [-0.4, -0.2) is 38.0 Å². The third-order valence-electron chi connectivity index (χ3n) is 5.37. The Morgan fingerprint density at radius 1 is 1.14 bits per heavy atom. The van der Waals surface area contributed by atoms with Crippen LogP contribution in [0.1, 0.15) is 65.7 Å². The molecule has 0 aromatic rings. The first kappa shape index (κ1) is 17.2. The van der Waals surface area contributed by atoms with E-state index in [0.717, 1.165) is 44.6 Å². The summed E-state index contributed by atoms with van der Waals surface area (Å²) in [7, 11) is 0. The van der Waals surface area contributed by atoms with E-state index in [-0.39, 0.29) is 5.60 Å². The maximum atomic E-state index is 6.13. The first-order valence-electron chi connectivity index (χ1n) is 9.19. The van der Waals surface area contributed by atoms with Gasteiger partial charge < -0.3 is 14.8 Å². The van der Waals surface area contributed by atoms with Crippen molar-refractivity contribution in [3.63, 3.8) is 0 Å². The van der Waals surface area contributed by atoms with E-state index in [1.165, 1.54) is 38.5 Å². The molecule has 0 aromatic heterocycles. The molecule has 3 unspecified atom stereocenters. The molecule has 3 atom stereocenters. The molecule has 1 N–H and O–H groups in total. The van der Waals surface area contributed by atoms with Gasteiger partial charge in [-0.1, -0.05) is 33.6 Å². The molecule has 0 amide bonds. The molecule has 0 saturated carbocycles. The number of rotatable bonds is 8. The smallest absolute Gasteiger partial charge is 0.0939 e. The second-order valence-electron chi connectivity index (χ2n) is 7.01. The molecule has 1 spiro atoms. The van der Waals surface area contributed by atoms with Crippen LogP contribution < -0.4 is 5.32 Å². The fraction of sp³-hybridized carbons (Fsp3) is 1.00. The van der Waals surface area contributed by atoms with Crippen LogP contribution in [0.15, 0.2) is 0 Å². The van der Waals surface area contributed by atoms with Gasteiger partial charge in [-0.3, -0.25) is 0 Å². The van der Waals surface area contributed by atoms with Crippen LogP contribution in [0.3, 0.4) is 0 Å². The maximum Gasteiger partial charge on any atom is 0.0939 e. The van der Waals surface area contributed by atoms with Gasteiger partial charge in [0.05, 0.1) is 12.2 Å². The van der Waals surface area contributed by atoms with Gasteiger partial charge in [-0.15, -0.1) is 0 Å². The van der Waals surface area contributed by atoms with Crippen LogP contribution in [0.25, 0.3) is 0 Å². The van der Waals surface area contributed by atoms with Gasteiger partial charge in [-0.05, 0) is 44.1 Å². The third kappa shape index (κ3) is 4.43. The third-order valence-corrected chi connectivity index (χ3v) is 5.37. The lowest BCUT2D eigenvalue weighted by Gasteiger charge is -2.43. The second kappa shape index (κ2) is 8.50. The maximum absolute atomic E-state index is 6.13. The van der Waals surface area contributed by atoms with Gasteiger partial charge in [0, 0.05) is 25.7 Å². The summed E-state index contributed by atoms with van der Waals surface area (Å²) in [4.78, 5) is 0. The minimum atomic E-state index is 0.0412. The minimum Gasteiger partial charge on any atom is -0.378 e. The molecule has 2 aliphatic heterocycles. The highest BCUT2D eigenvalue weighted by Gasteiger charge is 2.43. The Balaban J connectivity index is 2.04. The zero-order valence-corrected chi connectivity index (χ0v) is 14.3. The predicted molar refractivity (Wildman–Crippen MR) is 87.6 cm³/mol. The Kier molecular flexibility index (Phi) is 6.97. The lowest BCUT2D eigenvalue weighted by atomic mass is 9.74. The van der Waals surface area contributed by atoms with Gasteiger partial charge in [0.1, 0.15) is 0 Å². The van der Waals surface area contributed by atoms with E-state index in [9.17, 15) is 0 Å². The number of hydrogen-bond acceptors (Lipinski definition) is 3. The van der Waals surface area contributed by atoms with Crippen LogP contribution >= 0.6 is 0 Å². The van der Waals surface area contributed by atoms with Crippen molar-refractivity contribution in [1.82, 2.24) is 5.32 Å². The van der Waals surface area contributed by atoms with E-state index in [4.69, 9.17) is 9.47 Å². The zero-order valence-electron chi connectivity index (χ0n) is 14.3. The molecule has 2 heterocycles. The molecule has 0 aliphatic carbocycles. The highest BCUT2D eigenvalue weighted by Crippen LogP contribution is 2.39. The molecule has 0 aromatic carbocycles. The zero-order chi connectivity index (χ0) is 15.1. The molecular weight excluding hydrogens is 262 g/mol. The van der Waals surface area contributed by atoms with Crippen LogP contribution in [0.5, 0.6) is 0 Å². The van der Waals surface area contributed by atoms with E-state index < -0.39 is 0 Å². The fourth-order valence-electron chi connectivity index (χ4n) is 4.43. The molecule has 2 rings (SSSR count). The van der Waals surface area contributed by atoms with Gasteiger partial charge >= 0.3 is 0 Å². The normalized spacial score (nSPS) is 31.1. The molecule has 0 bridgehead atoms. The molecule has 21 heavy (non-hydrogen) atoms. The molecular formula is C18H35NO2. The van der Waals surface area contributed by atoms with E-state index >= 15 is 0 Å². The summed E-state index contributed by atoms with van der Waals surface area (Å²) in [5.41, 5.74) is 0.0412. The molecule has 124 valence electrons.